The number of rotatable bonds is 4. The first kappa shape index (κ1) is 21.1. The van der Waals surface area contributed by atoms with E-state index in [9.17, 15) is 14.4 Å². The lowest BCUT2D eigenvalue weighted by Crippen LogP contribution is -2.34. The third kappa shape index (κ3) is 4.30. The van der Waals surface area contributed by atoms with Crippen molar-refractivity contribution in [2.75, 3.05) is 10.6 Å². The number of benzene rings is 2. The van der Waals surface area contributed by atoms with Gasteiger partial charge in [-0.1, -0.05) is 18.2 Å². The van der Waals surface area contributed by atoms with Gasteiger partial charge in [0.15, 0.2) is 0 Å². The van der Waals surface area contributed by atoms with E-state index in [0.29, 0.717) is 28.1 Å². The van der Waals surface area contributed by atoms with Crippen LogP contribution in [0.2, 0.25) is 0 Å². The molecular weight excluding hydrogens is 408 g/mol. The summed E-state index contributed by atoms with van der Waals surface area (Å²) in [4.78, 5) is 40.2. The van der Waals surface area contributed by atoms with E-state index >= 15 is 0 Å². The van der Waals surface area contributed by atoms with Crippen LogP contribution in [0.5, 0.6) is 0 Å². The molecule has 0 aliphatic carbocycles. The third-order valence-electron chi connectivity index (χ3n) is 5.16. The number of aliphatic hydroxyl groups excluding tert-OH is 1. The molecule has 1 aliphatic heterocycles. The van der Waals surface area contributed by atoms with Crippen LogP contribution >= 0.6 is 0 Å². The van der Waals surface area contributed by atoms with Crippen molar-refractivity contribution < 1.29 is 19.5 Å². The van der Waals surface area contributed by atoms with Gasteiger partial charge >= 0.3 is 6.03 Å². The van der Waals surface area contributed by atoms with Gasteiger partial charge in [-0.25, -0.2) is 4.79 Å². The van der Waals surface area contributed by atoms with Crippen molar-refractivity contribution in [3.63, 3.8) is 0 Å². The van der Waals surface area contributed by atoms with E-state index in [2.05, 4.69) is 20.9 Å². The van der Waals surface area contributed by atoms with Gasteiger partial charge in [0.2, 0.25) is 0 Å². The summed E-state index contributed by atoms with van der Waals surface area (Å²) in [5, 5.41) is 16.7. The van der Waals surface area contributed by atoms with Crippen molar-refractivity contribution in [3.8, 4) is 0 Å². The van der Waals surface area contributed by atoms with E-state index in [0.717, 1.165) is 22.5 Å². The fourth-order valence-electron chi connectivity index (χ4n) is 3.56. The van der Waals surface area contributed by atoms with E-state index in [4.69, 9.17) is 5.11 Å². The molecule has 0 unspecified atom stereocenters. The first-order valence-electron chi connectivity index (χ1n) is 10.00. The Kier molecular flexibility index (Phi) is 5.61. The SMILES string of the molecule is Cc1cc(C)c(/C=C2\C(=O)Nc3cc(NC(=O)NC(=O)c4ccc(CO)cc4)ccc32)[nH]1. The van der Waals surface area contributed by atoms with Gasteiger partial charge < -0.3 is 20.7 Å². The number of aliphatic hydroxyl groups is 1. The zero-order valence-electron chi connectivity index (χ0n) is 17.6. The molecule has 1 aliphatic rings. The molecule has 0 saturated carbocycles. The molecule has 1 aromatic heterocycles. The predicted molar refractivity (Wildman–Crippen MR) is 122 cm³/mol. The molecule has 4 amide bonds. The molecule has 4 rings (SSSR count). The minimum Gasteiger partial charge on any atom is -0.392 e. The molecule has 0 spiro atoms. The van der Waals surface area contributed by atoms with E-state index in [1.165, 1.54) is 12.1 Å². The number of fused-ring (bicyclic) bond motifs is 1. The number of nitrogens with one attached hydrogen (secondary N) is 4. The third-order valence-corrected chi connectivity index (χ3v) is 5.16. The lowest BCUT2D eigenvalue weighted by Gasteiger charge is -2.08. The van der Waals surface area contributed by atoms with Crippen molar-refractivity contribution in [1.29, 1.82) is 0 Å². The van der Waals surface area contributed by atoms with Gasteiger partial charge in [-0.05, 0) is 61.4 Å². The molecule has 0 radical (unpaired) electrons. The number of urea groups is 1. The highest BCUT2D eigenvalue weighted by Gasteiger charge is 2.25. The zero-order valence-corrected chi connectivity index (χ0v) is 17.6. The molecule has 0 bridgehead atoms. The average molecular weight is 430 g/mol. The normalized spacial score (nSPS) is 13.6. The Labute approximate surface area is 184 Å². The smallest absolute Gasteiger partial charge is 0.326 e. The van der Waals surface area contributed by atoms with Gasteiger partial charge in [0.05, 0.1) is 17.9 Å². The Hall–Kier alpha value is -4.17. The van der Waals surface area contributed by atoms with Gasteiger partial charge in [0.25, 0.3) is 11.8 Å². The monoisotopic (exact) mass is 430 g/mol. The van der Waals surface area contributed by atoms with E-state index in [1.54, 1.807) is 30.3 Å². The molecule has 8 heteroatoms. The maximum atomic E-state index is 12.5. The minimum absolute atomic E-state index is 0.127. The van der Waals surface area contributed by atoms with Crippen LogP contribution in [-0.2, 0) is 11.4 Å². The van der Waals surface area contributed by atoms with Gasteiger partial charge in [-0.2, -0.15) is 0 Å². The van der Waals surface area contributed by atoms with Crippen molar-refractivity contribution in [2.24, 2.45) is 0 Å². The zero-order chi connectivity index (χ0) is 22.8. The highest BCUT2D eigenvalue weighted by atomic mass is 16.3. The molecule has 5 N–H and O–H groups in total. The molecule has 2 aromatic carbocycles. The summed E-state index contributed by atoms with van der Waals surface area (Å²) >= 11 is 0. The fourth-order valence-corrected chi connectivity index (χ4v) is 3.56. The number of carbonyl (C=O) groups is 3. The summed E-state index contributed by atoms with van der Waals surface area (Å²) in [6.07, 6.45) is 1.81. The molecule has 0 saturated heterocycles. The van der Waals surface area contributed by atoms with E-state index in [1.807, 2.05) is 26.0 Å². The standard InChI is InChI=1S/C24H22N4O4/c1-13-9-14(2)25-20(13)11-19-18-8-7-17(10-21(18)27-23(19)31)26-24(32)28-22(30)16-5-3-15(12-29)4-6-16/h3-11,25,29H,12H2,1-2H3,(H,27,31)(H2,26,28,30,32)/b19-11-. The maximum Gasteiger partial charge on any atom is 0.326 e. The number of aromatic nitrogens is 1. The molecule has 8 nitrogen and oxygen atoms in total. The Morgan fingerprint density at radius 1 is 1.06 bits per heavy atom. The summed E-state index contributed by atoms with van der Waals surface area (Å²) in [6, 6.07) is 12.6. The summed E-state index contributed by atoms with van der Waals surface area (Å²) in [7, 11) is 0. The number of H-pyrrole nitrogens is 1. The van der Waals surface area contributed by atoms with Crippen molar-refractivity contribution in [2.45, 2.75) is 20.5 Å². The average Bonchev–Trinajstić information content (AvgIpc) is 3.25. The van der Waals surface area contributed by atoms with E-state index < -0.39 is 11.9 Å². The topological polar surface area (TPSA) is 123 Å². The number of imide groups is 1. The quantitative estimate of drug-likeness (QED) is 0.406. The fraction of sp³-hybridized carbons (Fsp3) is 0.125. The Bertz CT molecular complexity index is 1260. The Morgan fingerprint density at radius 2 is 1.81 bits per heavy atom. The van der Waals surface area contributed by atoms with Crippen LogP contribution in [0, 0.1) is 13.8 Å². The highest BCUT2D eigenvalue weighted by Crippen LogP contribution is 2.35. The van der Waals surface area contributed by atoms with Gasteiger partial charge in [0.1, 0.15) is 0 Å². The number of hydrogen-bond donors (Lipinski definition) is 5. The number of hydrogen-bond acceptors (Lipinski definition) is 4. The first-order chi connectivity index (χ1) is 15.3. The van der Waals surface area contributed by atoms with Crippen LogP contribution < -0.4 is 16.0 Å². The molecule has 2 heterocycles. The van der Waals surface area contributed by atoms with Gasteiger partial charge in [-0.15, -0.1) is 0 Å². The Balaban J connectivity index is 1.47. The van der Waals surface area contributed by atoms with Gasteiger partial charge in [-0.3, -0.25) is 14.9 Å². The molecule has 32 heavy (non-hydrogen) atoms. The lowest BCUT2D eigenvalue weighted by molar-refractivity contribution is -0.110. The molecule has 3 aromatic rings. The number of anilines is 2. The van der Waals surface area contributed by atoms with E-state index in [-0.39, 0.29) is 12.5 Å². The van der Waals surface area contributed by atoms with Crippen LogP contribution in [0.25, 0.3) is 11.6 Å². The largest absolute Gasteiger partial charge is 0.392 e. The first-order valence-corrected chi connectivity index (χ1v) is 10.00. The van der Waals surface area contributed by atoms with Crippen LogP contribution in [-0.4, -0.2) is 27.9 Å². The maximum absolute atomic E-state index is 12.5. The minimum atomic E-state index is -0.696. The van der Waals surface area contributed by atoms with Crippen LogP contribution in [0.15, 0.2) is 48.5 Å². The predicted octanol–water partition coefficient (Wildman–Crippen LogP) is 3.58. The second kappa shape index (κ2) is 8.52. The van der Waals surface area contributed by atoms with Crippen LogP contribution in [0.3, 0.4) is 0 Å². The second-order valence-corrected chi connectivity index (χ2v) is 7.58. The van der Waals surface area contributed by atoms with Gasteiger partial charge in [0, 0.05) is 28.2 Å². The number of amides is 4. The molecule has 162 valence electrons. The summed E-state index contributed by atoms with van der Waals surface area (Å²) < 4.78 is 0. The number of aromatic amines is 1. The van der Waals surface area contributed by atoms with Crippen molar-refractivity contribution in [1.82, 2.24) is 10.3 Å². The molecule has 0 fully saturated rings. The second-order valence-electron chi connectivity index (χ2n) is 7.58. The summed E-state index contributed by atoms with van der Waals surface area (Å²) in [6.45, 7) is 3.80. The Morgan fingerprint density at radius 3 is 2.47 bits per heavy atom. The summed E-state index contributed by atoms with van der Waals surface area (Å²) in [5.74, 6) is -0.793. The van der Waals surface area contributed by atoms with Crippen molar-refractivity contribution in [3.05, 3.63) is 82.2 Å². The van der Waals surface area contributed by atoms with Crippen LogP contribution in [0.1, 0.15) is 38.4 Å². The van der Waals surface area contributed by atoms with Crippen molar-refractivity contribution >= 4 is 40.9 Å². The summed E-state index contributed by atoms with van der Waals surface area (Å²) in [5.41, 5.74) is 6.15. The lowest BCUT2D eigenvalue weighted by atomic mass is 10.0. The molecule has 0 atom stereocenters. The number of carbonyl (C=O) groups excluding carboxylic acids is 3. The molecular formula is C24H22N4O4. The highest BCUT2D eigenvalue weighted by molar-refractivity contribution is 6.35. The van der Waals surface area contributed by atoms with Crippen LogP contribution in [0.4, 0.5) is 16.2 Å². The number of aryl methyl sites for hydroxylation is 2.